The summed E-state index contributed by atoms with van der Waals surface area (Å²) < 4.78 is 0. The summed E-state index contributed by atoms with van der Waals surface area (Å²) in [5, 5.41) is 17.8. The summed E-state index contributed by atoms with van der Waals surface area (Å²) in [6.07, 6.45) is 0. The number of rotatable bonds is 0. The molecule has 9 heteroatoms. The number of carbonyl (C=O) groups is 2. The van der Waals surface area contributed by atoms with E-state index in [1.807, 2.05) is 0 Å². The molecule has 0 aliphatic rings. The van der Waals surface area contributed by atoms with Crippen LogP contribution < -0.4 is 47.4 Å². The monoisotopic (exact) mass is 342 g/mol. The maximum absolute atomic E-state index is 8.89. The molecule has 86 valence electrons. The molecule has 0 saturated heterocycles. The molecular formula is C4H6Cl3CuFeO4. The molecule has 0 N–H and O–H groups in total. The maximum Gasteiger partial charge on any atom is 3.00 e. The molecule has 0 aliphatic carbocycles. The van der Waals surface area contributed by atoms with Gasteiger partial charge in [-0.1, -0.05) is 0 Å². The van der Waals surface area contributed by atoms with Gasteiger partial charge in [0.25, 0.3) is 0 Å². The Morgan fingerprint density at radius 3 is 0.846 bits per heavy atom. The van der Waals surface area contributed by atoms with Crippen molar-refractivity contribution < 1.29 is 91.2 Å². The summed E-state index contributed by atoms with van der Waals surface area (Å²) in [4.78, 5) is 17.8. The van der Waals surface area contributed by atoms with E-state index in [0.717, 1.165) is 13.8 Å². The van der Waals surface area contributed by atoms with Crippen LogP contribution in [-0.4, -0.2) is 11.9 Å². The van der Waals surface area contributed by atoms with Crippen molar-refractivity contribution in [2.75, 3.05) is 0 Å². The van der Waals surface area contributed by atoms with Crippen LogP contribution in [0, 0.1) is 0 Å². The molecule has 0 bridgehead atoms. The first-order valence-corrected chi connectivity index (χ1v) is 1.82. The Kier molecular flexibility index (Phi) is 144. The standard InChI is InChI=1S/2C2H4O2.3ClH.Cu.Fe/c2*1-2(3)4;;;;;/h2*1H3,(H,3,4);3*1H;;/q;;;;;+2;+3/p-5. The van der Waals surface area contributed by atoms with Gasteiger partial charge in [0.15, 0.2) is 0 Å². The van der Waals surface area contributed by atoms with E-state index in [-0.39, 0.29) is 71.4 Å². The third kappa shape index (κ3) is 2100. The molecule has 0 aromatic heterocycles. The number of carboxylic acids is 2. The zero-order valence-corrected chi connectivity index (χ0v) is 10.7. The van der Waals surface area contributed by atoms with Crippen LogP contribution in [-0.2, 0) is 43.7 Å². The van der Waals surface area contributed by atoms with Crippen molar-refractivity contribution in [2.45, 2.75) is 13.8 Å². The largest absolute Gasteiger partial charge is 3.00 e. The van der Waals surface area contributed by atoms with Gasteiger partial charge in [0.2, 0.25) is 0 Å². The predicted molar refractivity (Wildman–Crippen MR) is 21.4 cm³/mol. The van der Waals surface area contributed by atoms with Gasteiger partial charge in [-0.3, -0.25) is 0 Å². The molecule has 0 atom stereocenters. The van der Waals surface area contributed by atoms with Gasteiger partial charge in [0.1, 0.15) is 0 Å². The van der Waals surface area contributed by atoms with Crippen molar-refractivity contribution in [2.24, 2.45) is 0 Å². The number of aliphatic carboxylic acids is 2. The Labute approximate surface area is 116 Å². The van der Waals surface area contributed by atoms with E-state index in [2.05, 4.69) is 0 Å². The minimum Gasteiger partial charge on any atom is -1.00 e. The van der Waals surface area contributed by atoms with Crippen molar-refractivity contribution in [1.82, 2.24) is 0 Å². The van der Waals surface area contributed by atoms with E-state index in [9.17, 15) is 0 Å². The smallest absolute Gasteiger partial charge is 1.00 e. The Bertz CT molecular complexity index is 85.4. The van der Waals surface area contributed by atoms with E-state index in [0.29, 0.717) is 0 Å². The van der Waals surface area contributed by atoms with Crippen LogP contribution in [0.25, 0.3) is 0 Å². The average Bonchev–Trinajstić information content (AvgIpc) is 1.25. The van der Waals surface area contributed by atoms with Gasteiger partial charge in [0, 0.05) is 11.9 Å². The Balaban J connectivity index is -0.00000000800. The summed E-state index contributed by atoms with van der Waals surface area (Å²) in [5.74, 6) is -2.17. The molecular weight excluding hydrogens is 338 g/mol. The van der Waals surface area contributed by atoms with Gasteiger partial charge in [-0.25, -0.2) is 0 Å². The third-order valence-electron chi connectivity index (χ3n) is 0. The molecule has 13 heavy (non-hydrogen) atoms. The second-order valence-corrected chi connectivity index (χ2v) is 0.983. The first kappa shape index (κ1) is 48.7. The number of carboxylic acid groups (broad SMARTS) is 2. The van der Waals surface area contributed by atoms with Crippen molar-refractivity contribution >= 4 is 11.9 Å². The summed E-state index contributed by atoms with van der Waals surface area (Å²) in [6.45, 7) is 1.94. The minimum atomic E-state index is -1.08. The fourth-order valence-electron chi connectivity index (χ4n) is 0. The maximum atomic E-state index is 8.89. The molecule has 0 aliphatic heterocycles. The molecule has 2 radical (unpaired) electrons. The van der Waals surface area contributed by atoms with Gasteiger partial charge in [-0.15, -0.1) is 0 Å². The fourth-order valence-corrected chi connectivity index (χ4v) is 0. The van der Waals surface area contributed by atoms with Gasteiger partial charge in [-0.2, -0.15) is 0 Å². The topological polar surface area (TPSA) is 80.3 Å². The van der Waals surface area contributed by atoms with E-state index in [1.54, 1.807) is 0 Å². The predicted octanol–water partition coefficient (Wildman–Crippen LogP) is -11.5. The van der Waals surface area contributed by atoms with Gasteiger partial charge < -0.3 is 57.0 Å². The molecule has 0 unspecified atom stereocenters. The molecule has 0 rings (SSSR count). The quantitative estimate of drug-likeness (QED) is 0.409. The summed E-state index contributed by atoms with van der Waals surface area (Å²) >= 11 is 0. The molecule has 0 amide bonds. The fraction of sp³-hybridized carbons (Fsp3) is 0.500. The summed E-state index contributed by atoms with van der Waals surface area (Å²) in [6, 6.07) is 0. The molecule has 0 aromatic carbocycles. The average molecular weight is 344 g/mol. The van der Waals surface area contributed by atoms with E-state index in [4.69, 9.17) is 19.8 Å². The van der Waals surface area contributed by atoms with Crippen LogP contribution >= 0.6 is 0 Å². The SMILES string of the molecule is CC(=O)[O-].CC(=O)[O-].[Cl-].[Cl-].[Cl-].[Cu+2].[Fe+3]. The van der Waals surface area contributed by atoms with Crippen molar-refractivity contribution in [3.05, 3.63) is 0 Å². The van der Waals surface area contributed by atoms with Gasteiger partial charge >= 0.3 is 34.1 Å². The van der Waals surface area contributed by atoms with E-state index >= 15 is 0 Å². The Morgan fingerprint density at radius 2 is 0.846 bits per heavy atom. The van der Waals surface area contributed by atoms with Crippen LogP contribution in [0.1, 0.15) is 13.8 Å². The van der Waals surface area contributed by atoms with Crippen molar-refractivity contribution in [1.29, 1.82) is 0 Å². The summed E-state index contributed by atoms with van der Waals surface area (Å²) in [5.41, 5.74) is 0. The van der Waals surface area contributed by atoms with Gasteiger partial charge in [-0.05, 0) is 13.8 Å². The van der Waals surface area contributed by atoms with Crippen molar-refractivity contribution in [3.8, 4) is 0 Å². The molecule has 0 spiro atoms. The molecule has 0 saturated carbocycles. The van der Waals surface area contributed by atoms with Crippen molar-refractivity contribution in [3.63, 3.8) is 0 Å². The number of hydrogen-bond donors (Lipinski definition) is 0. The number of halogens is 3. The summed E-state index contributed by atoms with van der Waals surface area (Å²) in [7, 11) is 0. The zero-order chi connectivity index (χ0) is 7.15. The van der Waals surface area contributed by atoms with Gasteiger partial charge in [0.05, 0.1) is 0 Å². The third-order valence-corrected chi connectivity index (χ3v) is 0. The van der Waals surface area contributed by atoms with Crippen LogP contribution in [0.2, 0.25) is 0 Å². The van der Waals surface area contributed by atoms with E-state index < -0.39 is 11.9 Å². The molecule has 4 nitrogen and oxygen atoms in total. The van der Waals surface area contributed by atoms with Crippen LogP contribution in [0.15, 0.2) is 0 Å². The number of carbonyl (C=O) groups excluding carboxylic acids is 2. The molecule has 0 fully saturated rings. The Hall–Kier alpha value is 0.849. The van der Waals surface area contributed by atoms with E-state index in [1.165, 1.54) is 0 Å². The second kappa shape index (κ2) is 38.5. The second-order valence-electron chi connectivity index (χ2n) is 0.983. The van der Waals surface area contributed by atoms with Crippen LogP contribution in [0.4, 0.5) is 0 Å². The molecule has 0 aromatic rings. The normalized spacial score (nSPS) is 3.85. The number of hydrogen-bond acceptors (Lipinski definition) is 4. The first-order valence-electron chi connectivity index (χ1n) is 1.82. The zero-order valence-electron chi connectivity index (χ0n) is 6.42. The minimum absolute atomic E-state index is 0. The first-order chi connectivity index (χ1) is 3.46. The molecule has 0 heterocycles. The van der Waals surface area contributed by atoms with Crippen LogP contribution in [0.5, 0.6) is 0 Å². The Morgan fingerprint density at radius 1 is 0.846 bits per heavy atom. The van der Waals surface area contributed by atoms with Crippen LogP contribution in [0.3, 0.4) is 0 Å².